The van der Waals surface area contributed by atoms with Crippen LogP contribution in [0, 0.1) is 6.92 Å². The van der Waals surface area contributed by atoms with Crippen LogP contribution in [0.1, 0.15) is 15.9 Å². The number of rotatable bonds is 6. The van der Waals surface area contributed by atoms with Gasteiger partial charge in [-0.15, -0.1) is 0 Å². The molecule has 0 fully saturated rings. The molecular formula is C22H21ClN2O4S. The number of aryl methyl sites for hydroxylation is 1. The average molecular weight is 445 g/mol. The van der Waals surface area contributed by atoms with E-state index in [0.717, 1.165) is 9.87 Å². The molecule has 0 aliphatic carbocycles. The molecule has 1 N–H and O–H groups in total. The summed E-state index contributed by atoms with van der Waals surface area (Å²) >= 11 is 5.95. The Balaban J connectivity index is 1.85. The van der Waals surface area contributed by atoms with E-state index in [1.165, 1.54) is 32.4 Å². The lowest BCUT2D eigenvalue weighted by atomic mass is 10.1. The first-order valence-electron chi connectivity index (χ1n) is 9.03. The van der Waals surface area contributed by atoms with Crippen LogP contribution in [0.15, 0.2) is 71.6 Å². The van der Waals surface area contributed by atoms with Gasteiger partial charge >= 0.3 is 0 Å². The monoisotopic (exact) mass is 444 g/mol. The van der Waals surface area contributed by atoms with E-state index >= 15 is 0 Å². The van der Waals surface area contributed by atoms with E-state index in [-0.39, 0.29) is 10.8 Å². The first-order chi connectivity index (χ1) is 14.2. The minimum absolute atomic E-state index is 0.123. The van der Waals surface area contributed by atoms with Crippen LogP contribution in [0.25, 0.3) is 0 Å². The first kappa shape index (κ1) is 21.7. The molecule has 1 amide bonds. The molecule has 8 heteroatoms. The third-order valence-corrected chi connectivity index (χ3v) is 6.66. The molecule has 30 heavy (non-hydrogen) atoms. The Morgan fingerprint density at radius 1 is 1.03 bits per heavy atom. The molecule has 0 radical (unpaired) electrons. The van der Waals surface area contributed by atoms with E-state index in [4.69, 9.17) is 16.3 Å². The van der Waals surface area contributed by atoms with Crippen molar-refractivity contribution in [1.82, 2.24) is 0 Å². The number of carbonyl (C=O) groups is 1. The van der Waals surface area contributed by atoms with E-state index in [9.17, 15) is 13.2 Å². The molecule has 0 spiro atoms. The molecule has 3 aromatic rings. The molecule has 156 valence electrons. The van der Waals surface area contributed by atoms with E-state index < -0.39 is 10.0 Å². The summed E-state index contributed by atoms with van der Waals surface area (Å²) in [4.78, 5) is 12.8. The van der Waals surface area contributed by atoms with Crippen LogP contribution in [0.3, 0.4) is 0 Å². The molecule has 6 nitrogen and oxygen atoms in total. The third-order valence-electron chi connectivity index (χ3n) is 4.63. The highest BCUT2D eigenvalue weighted by Gasteiger charge is 2.22. The second kappa shape index (κ2) is 8.77. The van der Waals surface area contributed by atoms with Gasteiger partial charge in [0.2, 0.25) is 0 Å². The van der Waals surface area contributed by atoms with Gasteiger partial charge in [0.05, 0.1) is 17.7 Å². The van der Waals surface area contributed by atoms with Crippen molar-refractivity contribution in [2.75, 3.05) is 23.8 Å². The zero-order chi connectivity index (χ0) is 21.9. The summed E-state index contributed by atoms with van der Waals surface area (Å²) in [6.45, 7) is 1.84. The molecule has 0 aliphatic heterocycles. The van der Waals surface area contributed by atoms with Gasteiger partial charge in [0.1, 0.15) is 5.75 Å². The highest BCUT2D eigenvalue weighted by Crippen LogP contribution is 2.25. The second-order valence-electron chi connectivity index (χ2n) is 6.61. The van der Waals surface area contributed by atoms with Gasteiger partial charge in [-0.1, -0.05) is 17.7 Å². The minimum atomic E-state index is -3.80. The van der Waals surface area contributed by atoms with Crippen molar-refractivity contribution in [1.29, 1.82) is 0 Å². The summed E-state index contributed by atoms with van der Waals surface area (Å²) in [7, 11) is -0.842. The van der Waals surface area contributed by atoms with E-state index in [0.29, 0.717) is 27.7 Å². The second-order valence-corrected chi connectivity index (χ2v) is 9.02. The van der Waals surface area contributed by atoms with Gasteiger partial charge in [-0.2, -0.15) is 0 Å². The maximum Gasteiger partial charge on any atom is 0.264 e. The number of anilines is 2. The van der Waals surface area contributed by atoms with E-state index in [1.54, 1.807) is 48.5 Å². The zero-order valence-electron chi connectivity index (χ0n) is 16.7. The number of nitrogens with one attached hydrogen (secondary N) is 1. The Bertz CT molecular complexity index is 1180. The molecule has 0 aliphatic rings. The molecule has 0 aromatic heterocycles. The van der Waals surface area contributed by atoms with Gasteiger partial charge in [-0.3, -0.25) is 9.10 Å². The fourth-order valence-corrected chi connectivity index (χ4v) is 4.26. The Hall–Kier alpha value is -3.03. The van der Waals surface area contributed by atoms with Crippen molar-refractivity contribution in [2.45, 2.75) is 11.8 Å². The van der Waals surface area contributed by atoms with Crippen LogP contribution in [0.2, 0.25) is 5.02 Å². The van der Waals surface area contributed by atoms with Crippen molar-refractivity contribution >= 4 is 38.9 Å². The summed E-state index contributed by atoms with van der Waals surface area (Å²) in [6.07, 6.45) is 0. The zero-order valence-corrected chi connectivity index (χ0v) is 18.3. The fourth-order valence-electron chi connectivity index (χ4n) is 2.85. The summed E-state index contributed by atoms with van der Waals surface area (Å²) < 4.78 is 32.1. The smallest absolute Gasteiger partial charge is 0.264 e. The number of hydrogen-bond acceptors (Lipinski definition) is 4. The van der Waals surface area contributed by atoms with Crippen LogP contribution in [-0.2, 0) is 10.0 Å². The number of carbonyl (C=O) groups excluding carboxylic acids is 1. The number of methoxy groups -OCH3 is 1. The topological polar surface area (TPSA) is 75.7 Å². The van der Waals surface area contributed by atoms with Crippen LogP contribution >= 0.6 is 11.6 Å². The molecular weight excluding hydrogens is 424 g/mol. The minimum Gasteiger partial charge on any atom is -0.497 e. The van der Waals surface area contributed by atoms with Crippen molar-refractivity contribution in [3.63, 3.8) is 0 Å². The summed E-state index contributed by atoms with van der Waals surface area (Å²) in [5.41, 5.74) is 2.16. The molecule has 0 unspecified atom stereocenters. The number of ether oxygens (including phenoxy) is 1. The fraction of sp³-hybridized carbons (Fsp3) is 0.136. The van der Waals surface area contributed by atoms with Gasteiger partial charge in [0, 0.05) is 23.3 Å². The molecule has 3 rings (SSSR count). The quantitative estimate of drug-likeness (QED) is 0.596. The van der Waals surface area contributed by atoms with Crippen LogP contribution in [-0.4, -0.2) is 28.5 Å². The normalized spacial score (nSPS) is 11.1. The van der Waals surface area contributed by atoms with E-state index in [1.807, 2.05) is 6.92 Å². The van der Waals surface area contributed by atoms with Gasteiger partial charge in [0.15, 0.2) is 0 Å². The highest BCUT2D eigenvalue weighted by molar-refractivity contribution is 7.92. The lowest BCUT2D eigenvalue weighted by Crippen LogP contribution is -2.26. The third kappa shape index (κ3) is 4.58. The molecule has 0 saturated heterocycles. The number of hydrogen-bond donors (Lipinski definition) is 1. The average Bonchev–Trinajstić information content (AvgIpc) is 2.75. The molecule has 0 atom stereocenters. The molecule has 0 bridgehead atoms. The number of halogens is 1. The predicted molar refractivity (Wildman–Crippen MR) is 119 cm³/mol. The first-order valence-corrected chi connectivity index (χ1v) is 10.8. The Kier molecular flexibility index (Phi) is 6.34. The van der Waals surface area contributed by atoms with Gasteiger partial charge < -0.3 is 10.1 Å². The van der Waals surface area contributed by atoms with Gasteiger partial charge in [-0.05, 0) is 73.2 Å². The molecule has 3 aromatic carbocycles. The van der Waals surface area contributed by atoms with Crippen molar-refractivity contribution in [3.05, 3.63) is 82.9 Å². The maximum atomic E-state index is 13.0. The van der Waals surface area contributed by atoms with Crippen molar-refractivity contribution in [2.24, 2.45) is 0 Å². The van der Waals surface area contributed by atoms with Crippen LogP contribution in [0.5, 0.6) is 5.75 Å². The number of sulfonamides is 1. The summed E-state index contributed by atoms with van der Waals surface area (Å²) in [5, 5.41) is 3.40. The molecule has 0 heterocycles. The Morgan fingerprint density at radius 3 is 2.37 bits per heavy atom. The lowest BCUT2D eigenvalue weighted by molar-refractivity contribution is 0.102. The number of nitrogens with zero attached hydrogens (tertiary/aromatic N) is 1. The van der Waals surface area contributed by atoms with Gasteiger partial charge in [0.25, 0.3) is 15.9 Å². The van der Waals surface area contributed by atoms with Crippen LogP contribution in [0.4, 0.5) is 11.4 Å². The largest absolute Gasteiger partial charge is 0.497 e. The maximum absolute atomic E-state index is 13.0. The SMILES string of the molecule is COc1ccc(S(=O)(=O)N(C)c2cccc(C(=O)Nc3ccc(Cl)cc3C)c2)cc1. The van der Waals surface area contributed by atoms with Crippen LogP contribution < -0.4 is 14.4 Å². The lowest BCUT2D eigenvalue weighted by Gasteiger charge is -2.20. The Labute approximate surface area is 181 Å². The van der Waals surface area contributed by atoms with Gasteiger partial charge in [-0.25, -0.2) is 8.42 Å². The Morgan fingerprint density at radius 2 is 1.73 bits per heavy atom. The predicted octanol–water partition coefficient (Wildman–Crippen LogP) is 4.73. The van der Waals surface area contributed by atoms with Crippen molar-refractivity contribution < 1.29 is 17.9 Å². The number of benzene rings is 3. The summed E-state index contributed by atoms with van der Waals surface area (Å²) in [5.74, 6) is 0.213. The standard InChI is InChI=1S/C22H21ClN2O4S/c1-15-13-17(23)7-12-21(15)24-22(26)16-5-4-6-18(14-16)25(2)30(27,28)20-10-8-19(29-3)9-11-20/h4-14H,1-3H3,(H,24,26). The molecule has 0 saturated carbocycles. The van der Waals surface area contributed by atoms with Crippen molar-refractivity contribution in [3.8, 4) is 5.75 Å². The summed E-state index contributed by atoms with van der Waals surface area (Å²) in [6, 6.07) is 17.7. The van der Waals surface area contributed by atoms with E-state index in [2.05, 4.69) is 5.32 Å². The highest BCUT2D eigenvalue weighted by atomic mass is 35.5. The number of amides is 1.